The summed E-state index contributed by atoms with van der Waals surface area (Å²) in [5.41, 5.74) is 0.0409. The van der Waals surface area contributed by atoms with E-state index in [0.717, 1.165) is 12.8 Å². The van der Waals surface area contributed by atoms with E-state index in [1.165, 1.54) is 12.8 Å². The number of carbonyl (C=O) groups excluding carboxylic acids is 1. The van der Waals surface area contributed by atoms with E-state index in [9.17, 15) is 9.90 Å². The fourth-order valence-corrected chi connectivity index (χ4v) is 3.98. The Morgan fingerprint density at radius 1 is 1.48 bits per heavy atom. The van der Waals surface area contributed by atoms with Crippen LogP contribution in [0, 0.1) is 11.8 Å². The van der Waals surface area contributed by atoms with Gasteiger partial charge < -0.3 is 15.2 Å². The van der Waals surface area contributed by atoms with Crippen molar-refractivity contribution in [2.75, 3.05) is 13.7 Å². The Hall–Kier alpha value is -1.55. The first-order chi connectivity index (χ1) is 10.1. The van der Waals surface area contributed by atoms with E-state index >= 15 is 0 Å². The lowest BCUT2D eigenvalue weighted by molar-refractivity contribution is -0.0195. The lowest BCUT2D eigenvalue weighted by atomic mass is 9.82. The van der Waals surface area contributed by atoms with Crippen LogP contribution in [0.3, 0.4) is 0 Å². The van der Waals surface area contributed by atoms with Crippen molar-refractivity contribution in [3.8, 4) is 5.75 Å². The molecule has 1 amide bonds. The fraction of sp³-hybridized carbons (Fsp3) is 0.588. The zero-order valence-electron chi connectivity index (χ0n) is 12.5. The quantitative estimate of drug-likeness (QED) is 0.875. The summed E-state index contributed by atoms with van der Waals surface area (Å²) in [6.45, 7) is 0.524. The number of fused-ring (bicyclic) bond motifs is 2. The van der Waals surface area contributed by atoms with Crippen LogP contribution in [0.1, 0.15) is 42.5 Å². The van der Waals surface area contributed by atoms with Gasteiger partial charge in [-0.3, -0.25) is 4.79 Å². The number of amides is 1. The van der Waals surface area contributed by atoms with Crippen LogP contribution in [0.15, 0.2) is 24.3 Å². The molecule has 2 aliphatic carbocycles. The summed E-state index contributed by atoms with van der Waals surface area (Å²) in [5.74, 6) is 1.71. The lowest BCUT2D eigenvalue weighted by Gasteiger charge is -2.32. The van der Waals surface area contributed by atoms with Crippen LogP contribution < -0.4 is 10.1 Å². The highest BCUT2D eigenvalue weighted by atomic mass is 16.5. The highest BCUT2D eigenvalue weighted by Gasteiger charge is 2.49. The summed E-state index contributed by atoms with van der Waals surface area (Å²) in [7, 11) is 1.58. The number of hydrogen-bond donors (Lipinski definition) is 2. The smallest absolute Gasteiger partial charge is 0.251 e. The van der Waals surface area contributed by atoms with Crippen LogP contribution in [0.4, 0.5) is 0 Å². The minimum Gasteiger partial charge on any atom is -0.497 e. The minimum atomic E-state index is -0.551. The lowest BCUT2D eigenvalue weighted by Crippen LogP contribution is -2.39. The molecule has 2 aliphatic rings. The van der Waals surface area contributed by atoms with Gasteiger partial charge in [-0.05, 0) is 62.1 Å². The summed E-state index contributed by atoms with van der Waals surface area (Å²) in [6, 6.07) is 7.11. The first kappa shape index (κ1) is 14.4. The summed E-state index contributed by atoms with van der Waals surface area (Å²) in [6.07, 6.45) is 5.14. The number of hydrogen-bond acceptors (Lipinski definition) is 3. The predicted octanol–water partition coefficient (Wildman–Crippen LogP) is 2.37. The molecule has 3 unspecified atom stereocenters. The Balaban J connectivity index is 1.52. The van der Waals surface area contributed by atoms with Gasteiger partial charge in [-0.15, -0.1) is 0 Å². The molecule has 0 heterocycles. The van der Waals surface area contributed by atoms with Gasteiger partial charge in [0.25, 0.3) is 5.91 Å². The zero-order valence-corrected chi connectivity index (χ0v) is 12.5. The van der Waals surface area contributed by atoms with Gasteiger partial charge >= 0.3 is 0 Å². The van der Waals surface area contributed by atoms with Gasteiger partial charge in [0, 0.05) is 12.1 Å². The van der Waals surface area contributed by atoms with Crippen molar-refractivity contribution in [1.82, 2.24) is 5.32 Å². The molecule has 1 aromatic carbocycles. The Bertz CT molecular complexity index is 531. The highest BCUT2D eigenvalue weighted by Crippen LogP contribution is 2.51. The van der Waals surface area contributed by atoms with Crippen molar-refractivity contribution < 1.29 is 14.6 Å². The number of aliphatic hydroxyl groups is 1. The number of methoxy groups -OCH3 is 1. The van der Waals surface area contributed by atoms with Crippen LogP contribution in [0.25, 0.3) is 0 Å². The molecule has 1 aromatic rings. The molecule has 2 fully saturated rings. The van der Waals surface area contributed by atoms with Crippen molar-refractivity contribution in [2.45, 2.75) is 37.7 Å². The Kier molecular flexibility index (Phi) is 3.89. The van der Waals surface area contributed by atoms with E-state index in [1.54, 1.807) is 25.3 Å². The van der Waals surface area contributed by atoms with Crippen LogP contribution in [-0.2, 0) is 0 Å². The molecule has 3 rings (SSSR count). The van der Waals surface area contributed by atoms with Crippen LogP contribution in [0.5, 0.6) is 5.75 Å². The Morgan fingerprint density at radius 3 is 3.00 bits per heavy atom. The van der Waals surface area contributed by atoms with Crippen LogP contribution >= 0.6 is 0 Å². The average Bonchev–Trinajstić information content (AvgIpc) is 3.07. The first-order valence-electron chi connectivity index (χ1n) is 7.75. The highest BCUT2D eigenvalue weighted by molar-refractivity contribution is 5.94. The van der Waals surface area contributed by atoms with E-state index < -0.39 is 5.60 Å². The molecule has 2 bridgehead atoms. The summed E-state index contributed by atoms with van der Waals surface area (Å²) in [4.78, 5) is 12.1. The minimum absolute atomic E-state index is 0.111. The SMILES string of the molecule is COc1cccc(C(=O)NCCC2(O)CC3CCC2C3)c1. The van der Waals surface area contributed by atoms with E-state index in [1.807, 2.05) is 6.07 Å². The Morgan fingerprint density at radius 2 is 2.33 bits per heavy atom. The van der Waals surface area contributed by atoms with Crippen molar-refractivity contribution in [2.24, 2.45) is 11.8 Å². The van der Waals surface area contributed by atoms with Gasteiger partial charge in [0.15, 0.2) is 0 Å². The van der Waals surface area contributed by atoms with Gasteiger partial charge in [0.2, 0.25) is 0 Å². The number of nitrogens with one attached hydrogen (secondary N) is 1. The van der Waals surface area contributed by atoms with Crippen LogP contribution in [-0.4, -0.2) is 30.3 Å². The molecule has 4 heteroatoms. The average molecular weight is 289 g/mol. The molecule has 3 atom stereocenters. The van der Waals surface area contributed by atoms with Gasteiger partial charge in [0.05, 0.1) is 12.7 Å². The Labute approximate surface area is 125 Å². The predicted molar refractivity (Wildman–Crippen MR) is 80.3 cm³/mol. The number of carbonyl (C=O) groups is 1. The number of ether oxygens (including phenoxy) is 1. The van der Waals surface area contributed by atoms with Gasteiger partial charge in [-0.2, -0.15) is 0 Å². The van der Waals surface area contributed by atoms with E-state index in [4.69, 9.17) is 4.74 Å². The fourth-order valence-electron chi connectivity index (χ4n) is 3.98. The second-order valence-corrected chi connectivity index (χ2v) is 6.42. The second-order valence-electron chi connectivity index (χ2n) is 6.42. The van der Waals surface area contributed by atoms with Crippen LogP contribution in [0.2, 0.25) is 0 Å². The van der Waals surface area contributed by atoms with E-state index in [-0.39, 0.29) is 5.91 Å². The molecule has 0 aromatic heterocycles. The summed E-state index contributed by atoms with van der Waals surface area (Å²) in [5, 5.41) is 13.6. The number of benzene rings is 1. The standard InChI is InChI=1S/C17H23NO3/c1-21-15-4-2-3-13(10-15)16(19)18-8-7-17(20)11-12-5-6-14(17)9-12/h2-4,10,12,14,20H,5-9,11H2,1H3,(H,18,19). The van der Waals surface area contributed by atoms with Crippen molar-refractivity contribution in [3.63, 3.8) is 0 Å². The second kappa shape index (κ2) is 5.68. The first-order valence-corrected chi connectivity index (χ1v) is 7.75. The molecule has 114 valence electrons. The topological polar surface area (TPSA) is 58.6 Å². The number of rotatable bonds is 5. The third-order valence-corrected chi connectivity index (χ3v) is 5.12. The maximum atomic E-state index is 12.1. The third kappa shape index (κ3) is 2.91. The molecule has 2 saturated carbocycles. The molecule has 4 nitrogen and oxygen atoms in total. The van der Waals surface area contributed by atoms with Gasteiger partial charge in [-0.1, -0.05) is 6.07 Å². The largest absolute Gasteiger partial charge is 0.497 e. The molecular weight excluding hydrogens is 266 g/mol. The van der Waals surface area contributed by atoms with E-state index in [0.29, 0.717) is 36.1 Å². The zero-order chi connectivity index (χ0) is 14.9. The normalized spacial score (nSPS) is 30.4. The van der Waals surface area contributed by atoms with E-state index in [2.05, 4.69) is 5.32 Å². The van der Waals surface area contributed by atoms with Gasteiger partial charge in [0.1, 0.15) is 5.75 Å². The summed E-state index contributed by atoms with van der Waals surface area (Å²) < 4.78 is 5.12. The van der Waals surface area contributed by atoms with Gasteiger partial charge in [-0.25, -0.2) is 0 Å². The molecule has 0 radical (unpaired) electrons. The molecule has 0 aliphatic heterocycles. The maximum absolute atomic E-state index is 12.1. The monoisotopic (exact) mass is 289 g/mol. The van der Waals surface area contributed by atoms with Crippen molar-refractivity contribution in [1.29, 1.82) is 0 Å². The molecule has 0 spiro atoms. The molecular formula is C17H23NO3. The van der Waals surface area contributed by atoms with Crippen molar-refractivity contribution >= 4 is 5.91 Å². The molecule has 21 heavy (non-hydrogen) atoms. The molecule has 0 saturated heterocycles. The summed E-state index contributed by atoms with van der Waals surface area (Å²) >= 11 is 0. The van der Waals surface area contributed by atoms with Crippen molar-refractivity contribution in [3.05, 3.63) is 29.8 Å². The maximum Gasteiger partial charge on any atom is 0.251 e. The third-order valence-electron chi connectivity index (χ3n) is 5.12. The molecule has 2 N–H and O–H groups in total.